The van der Waals surface area contributed by atoms with Gasteiger partial charge in [-0.3, -0.25) is 14.4 Å². The van der Waals surface area contributed by atoms with Crippen LogP contribution < -0.4 is 9.44 Å². The third-order valence-electron chi connectivity index (χ3n) is 3.70. The molecule has 0 bridgehead atoms. The average Bonchev–Trinajstić information content (AvgIpc) is 2.68. The van der Waals surface area contributed by atoms with E-state index in [1.807, 2.05) is 6.26 Å². The van der Waals surface area contributed by atoms with Crippen molar-refractivity contribution in [2.24, 2.45) is 0 Å². The summed E-state index contributed by atoms with van der Waals surface area (Å²) in [5.74, 6) is 0. The Morgan fingerprint density at radius 3 is 1.79 bits per heavy atom. The monoisotopic (exact) mass is 435 g/mol. The molecule has 1 heterocycles. The Morgan fingerprint density at radius 1 is 0.750 bits per heavy atom. The predicted molar refractivity (Wildman–Crippen MR) is 111 cm³/mol. The topological polar surface area (TPSA) is 105 Å². The Hall–Kier alpha value is -2.56. The lowest BCUT2D eigenvalue weighted by molar-refractivity contribution is 0.600. The lowest BCUT2D eigenvalue weighted by Gasteiger charge is -2.10. The van der Waals surface area contributed by atoms with Gasteiger partial charge in [0.2, 0.25) is 0 Å². The van der Waals surface area contributed by atoms with E-state index in [2.05, 4.69) is 14.4 Å². The molecular formula is C18H17N3O4S3. The number of anilines is 2. The predicted octanol–water partition coefficient (Wildman–Crippen LogP) is 3.41. The van der Waals surface area contributed by atoms with Crippen LogP contribution in [0.3, 0.4) is 0 Å². The second-order valence-electron chi connectivity index (χ2n) is 5.65. The zero-order chi connectivity index (χ0) is 20.2. The molecule has 2 N–H and O–H groups in total. The molecule has 7 nitrogen and oxygen atoms in total. The molecule has 3 rings (SSSR count). The van der Waals surface area contributed by atoms with Gasteiger partial charge < -0.3 is 0 Å². The first-order chi connectivity index (χ1) is 13.3. The second kappa shape index (κ2) is 8.21. The van der Waals surface area contributed by atoms with Crippen molar-refractivity contribution in [2.45, 2.75) is 14.7 Å². The minimum absolute atomic E-state index is 0.00336. The molecule has 0 spiro atoms. The van der Waals surface area contributed by atoms with Crippen LogP contribution in [0, 0.1) is 0 Å². The van der Waals surface area contributed by atoms with Gasteiger partial charge in [-0.05, 0) is 66.9 Å². The van der Waals surface area contributed by atoms with Crippen LogP contribution in [0.25, 0.3) is 0 Å². The summed E-state index contributed by atoms with van der Waals surface area (Å²) in [5.41, 5.74) is 0.593. The van der Waals surface area contributed by atoms with Crippen molar-refractivity contribution in [1.29, 1.82) is 0 Å². The van der Waals surface area contributed by atoms with Gasteiger partial charge in [0.05, 0.1) is 21.7 Å². The van der Waals surface area contributed by atoms with Crippen LogP contribution >= 0.6 is 11.8 Å². The maximum absolute atomic E-state index is 12.5. The highest BCUT2D eigenvalue weighted by Crippen LogP contribution is 2.22. The Morgan fingerprint density at radius 2 is 1.29 bits per heavy atom. The number of aromatic nitrogens is 1. The molecule has 0 amide bonds. The maximum atomic E-state index is 12.5. The molecule has 10 heteroatoms. The molecule has 3 aromatic rings. The quantitative estimate of drug-likeness (QED) is 0.551. The fourth-order valence-electron chi connectivity index (χ4n) is 2.31. The van der Waals surface area contributed by atoms with Gasteiger partial charge in [0.25, 0.3) is 20.0 Å². The van der Waals surface area contributed by atoms with Crippen molar-refractivity contribution < 1.29 is 16.8 Å². The lowest BCUT2D eigenvalue weighted by atomic mass is 10.3. The van der Waals surface area contributed by atoms with Gasteiger partial charge in [-0.25, -0.2) is 16.8 Å². The maximum Gasteiger partial charge on any atom is 0.261 e. The molecule has 0 saturated heterocycles. The van der Waals surface area contributed by atoms with Crippen LogP contribution in [0.4, 0.5) is 11.4 Å². The number of hydrogen-bond acceptors (Lipinski definition) is 6. The van der Waals surface area contributed by atoms with E-state index < -0.39 is 20.0 Å². The summed E-state index contributed by atoms with van der Waals surface area (Å²) in [5, 5.41) is 0. The second-order valence-corrected chi connectivity index (χ2v) is 9.90. The van der Waals surface area contributed by atoms with Crippen LogP contribution in [0.5, 0.6) is 0 Å². The highest BCUT2D eigenvalue weighted by molar-refractivity contribution is 7.98. The van der Waals surface area contributed by atoms with Gasteiger partial charge in [-0.2, -0.15) is 0 Å². The zero-order valence-electron chi connectivity index (χ0n) is 14.7. The molecule has 0 aliphatic carbocycles. The van der Waals surface area contributed by atoms with Crippen molar-refractivity contribution in [3.8, 4) is 0 Å². The van der Waals surface area contributed by atoms with E-state index in [0.717, 1.165) is 4.90 Å². The molecule has 0 aliphatic heterocycles. The standard InChI is InChI=1S/C18H17N3O4S3/c1-26-16-6-10-18(11-7-16)27(22,23)20-14-4-8-17(9-5-14)28(24,25)21-15-3-2-12-19-13-15/h2-13,20-21H,1H3. The Labute approximate surface area is 168 Å². The Kier molecular flexibility index (Phi) is 5.92. The van der Waals surface area contributed by atoms with Crippen molar-refractivity contribution in [2.75, 3.05) is 15.7 Å². The molecule has 28 heavy (non-hydrogen) atoms. The van der Waals surface area contributed by atoms with Crippen molar-refractivity contribution >= 4 is 43.2 Å². The van der Waals surface area contributed by atoms with Crippen molar-refractivity contribution in [3.63, 3.8) is 0 Å². The van der Waals surface area contributed by atoms with Gasteiger partial charge in [-0.15, -0.1) is 11.8 Å². The summed E-state index contributed by atoms with van der Waals surface area (Å²) in [6, 6.07) is 15.1. The number of sulfonamides is 2. The first-order valence-electron chi connectivity index (χ1n) is 8.00. The normalized spacial score (nSPS) is 11.8. The minimum Gasteiger partial charge on any atom is -0.280 e. The SMILES string of the molecule is CSc1ccc(S(=O)(=O)Nc2ccc(S(=O)(=O)Nc3cccnc3)cc2)cc1. The first-order valence-corrected chi connectivity index (χ1v) is 12.2. The van der Waals surface area contributed by atoms with Gasteiger partial charge in [0.1, 0.15) is 0 Å². The summed E-state index contributed by atoms with van der Waals surface area (Å²) in [6.45, 7) is 0. The third kappa shape index (κ3) is 4.83. The number of thioether (sulfide) groups is 1. The van der Waals surface area contributed by atoms with E-state index in [9.17, 15) is 16.8 Å². The smallest absolute Gasteiger partial charge is 0.261 e. The van der Waals surface area contributed by atoms with Crippen LogP contribution in [-0.2, 0) is 20.0 Å². The van der Waals surface area contributed by atoms with Gasteiger partial charge in [0, 0.05) is 16.8 Å². The summed E-state index contributed by atoms with van der Waals surface area (Å²) < 4.78 is 54.6. The molecular weight excluding hydrogens is 418 g/mol. The number of nitrogens with one attached hydrogen (secondary N) is 2. The molecule has 0 unspecified atom stereocenters. The molecule has 0 atom stereocenters. The van der Waals surface area contributed by atoms with E-state index in [-0.39, 0.29) is 15.5 Å². The summed E-state index contributed by atoms with van der Waals surface area (Å²) >= 11 is 1.51. The van der Waals surface area contributed by atoms with E-state index in [4.69, 9.17) is 0 Å². The lowest BCUT2D eigenvalue weighted by Crippen LogP contribution is -2.14. The Bertz CT molecular complexity index is 1150. The van der Waals surface area contributed by atoms with Crippen LogP contribution in [0.2, 0.25) is 0 Å². The van der Waals surface area contributed by atoms with Crippen LogP contribution in [0.1, 0.15) is 0 Å². The largest absolute Gasteiger partial charge is 0.280 e. The Balaban J connectivity index is 1.76. The summed E-state index contributed by atoms with van der Waals surface area (Å²) in [4.78, 5) is 4.93. The molecule has 0 saturated carbocycles. The fourth-order valence-corrected chi connectivity index (χ4v) is 4.82. The van der Waals surface area contributed by atoms with E-state index >= 15 is 0 Å². The van der Waals surface area contributed by atoms with Gasteiger partial charge in [0.15, 0.2) is 0 Å². The van der Waals surface area contributed by atoms with Crippen LogP contribution in [0.15, 0.2) is 87.7 Å². The molecule has 2 aromatic carbocycles. The third-order valence-corrected chi connectivity index (χ3v) is 7.24. The fraction of sp³-hybridized carbons (Fsp3) is 0.0556. The van der Waals surface area contributed by atoms with E-state index in [0.29, 0.717) is 5.69 Å². The molecule has 1 aromatic heterocycles. The highest BCUT2D eigenvalue weighted by Gasteiger charge is 2.17. The van der Waals surface area contributed by atoms with Crippen molar-refractivity contribution in [1.82, 2.24) is 4.98 Å². The highest BCUT2D eigenvalue weighted by atomic mass is 32.2. The zero-order valence-corrected chi connectivity index (χ0v) is 17.2. The molecule has 0 fully saturated rings. The molecule has 146 valence electrons. The number of benzene rings is 2. The number of nitrogens with zero attached hydrogens (tertiary/aromatic N) is 1. The minimum atomic E-state index is -3.80. The summed E-state index contributed by atoms with van der Waals surface area (Å²) in [7, 11) is -7.57. The average molecular weight is 436 g/mol. The first kappa shape index (κ1) is 20.2. The van der Waals surface area contributed by atoms with Gasteiger partial charge >= 0.3 is 0 Å². The summed E-state index contributed by atoms with van der Waals surface area (Å²) in [6.07, 6.45) is 4.83. The number of hydrogen-bond donors (Lipinski definition) is 2. The van der Waals surface area contributed by atoms with Crippen molar-refractivity contribution in [3.05, 3.63) is 73.1 Å². The molecule has 0 aliphatic rings. The molecule has 0 radical (unpaired) electrons. The number of pyridine rings is 1. The van der Waals surface area contributed by atoms with E-state index in [1.165, 1.54) is 60.6 Å². The van der Waals surface area contributed by atoms with E-state index in [1.54, 1.807) is 24.3 Å². The number of rotatable bonds is 7. The van der Waals surface area contributed by atoms with Crippen LogP contribution in [-0.4, -0.2) is 28.1 Å². The van der Waals surface area contributed by atoms with Gasteiger partial charge in [-0.1, -0.05) is 0 Å².